The van der Waals surface area contributed by atoms with Crippen LogP contribution in [0.4, 0.5) is 10.1 Å². The Labute approximate surface area is 123 Å². The van der Waals surface area contributed by atoms with Crippen molar-refractivity contribution in [3.63, 3.8) is 0 Å². The molecule has 2 fully saturated rings. The van der Waals surface area contributed by atoms with E-state index in [1.807, 2.05) is 0 Å². The number of likely N-dealkylation sites (tertiary alicyclic amines) is 1. The number of piperidine rings is 1. The summed E-state index contributed by atoms with van der Waals surface area (Å²) in [6.07, 6.45) is 1.56. The van der Waals surface area contributed by atoms with Crippen LogP contribution in [0.25, 0.3) is 0 Å². The van der Waals surface area contributed by atoms with Crippen molar-refractivity contribution in [1.82, 2.24) is 4.90 Å². The van der Waals surface area contributed by atoms with Crippen LogP contribution in [-0.2, 0) is 14.3 Å². The number of carbonyl (C=O) groups is 1. The number of hydrogen-bond acceptors (Lipinski definition) is 4. The topological polar surface area (TPSA) is 50.8 Å². The van der Waals surface area contributed by atoms with Gasteiger partial charge in [0, 0.05) is 31.6 Å². The molecule has 0 radical (unpaired) electrons. The highest BCUT2D eigenvalue weighted by molar-refractivity contribution is 5.92. The lowest BCUT2D eigenvalue weighted by molar-refractivity contribution is -0.185. The second kappa shape index (κ2) is 6.09. The molecular weight excluding hydrogens is 275 g/mol. The molecule has 2 aliphatic heterocycles. The van der Waals surface area contributed by atoms with E-state index < -0.39 is 5.79 Å². The zero-order valence-corrected chi connectivity index (χ0v) is 11.8. The van der Waals surface area contributed by atoms with Crippen LogP contribution in [-0.4, -0.2) is 49.4 Å². The fraction of sp³-hybridized carbons (Fsp3) is 0.533. The molecule has 1 N–H and O–H groups in total. The van der Waals surface area contributed by atoms with Crippen LogP contribution in [0, 0.1) is 5.82 Å². The van der Waals surface area contributed by atoms with Crippen LogP contribution in [0.2, 0.25) is 0 Å². The first-order valence-electron chi connectivity index (χ1n) is 7.21. The van der Waals surface area contributed by atoms with Crippen molar-refractivity contribution < 1.29 is 18.7 Å². The second-order valence-electron chi connectivity index (χ2n) is 5.44. The van der Waals surface area contributed by atoms with Gasteiger partial charge in [-0.3, -0.25) is 9.69 Å². The van der Waals surface area contributed by atoms with Gasteiger partial charge in [0.15, 0.2) is 5.79 Å². The molecule has 0 saturated carbocycles. The number of amides is 1. The van der Waals surface area contributed by atoms with Gasteiger partial charge in [-0.1, -0.05) is 6.07 Å². The second-order valence-corrected chi connectivity index (χ2v) is 5.44. The standard InChI is InChI=1S/C15H19FN2O3/c16-12-2-1-3-13(10-12)17-14(19)11-18-6-4-15(5-7-18)20-8-9-21-15/h1-3,10H,4-9,11H2,(H,17,19). The number of anilines is 1. The summed E-state index contributed by atoms with van der Waals surface area (Å²) in [7, 11) is 0. The summed E-state index contributed by atoms with van der Waals surface area (Å²) in [4.78, 5) is 14.0. The van der Waals surface area contributed by atoms with Crippen LogP contribution in [0.15, 0.2) is 24.3 Å². The molecule has 3 rings (SSSR count). The number of nitrogens with one attached hydrogen (secondary N) is 1. The Kier molecular flexibility index (Phi) is 4.19. The number of halogens is 1. The Morgan fingerprint density at radius 1 is 1.29 bits per heavy atom. The molecule has 0 aliphatic carbocycles. The van der Waals surface area contributed by atoms with Gasteiger partial charge in [0.05, 0.1) is 19.8 Å². The number of carbonyl (C=O) groups excluding carboxylic acids is 1. The molecule has 0 bridgehead atoms. The minimum atomic E-state index is -0.421. The summed E-state index contributed by atoms with van der Waals surface area (Å²) in [6.45, 7) is 3.12. The van der Waals surface area contributed by atoms with Crippen LogP contribution in [0.5, 0.6) is 0 Å². The van der Waals surface area contributed by atoms with Crippen LogP contribution in [0.1, 0.15) is 12.8 Å². The molecule has 1 aromatic carbocycles. The van der Waals surface area contributed by atoms with Crippen molar-refractivity contribution in [2.75, 3.05) is 38.2 Å². The smallest absolute Gasteiger partial charge is 0.238 e. The average molecular weight is 294 g/mol. The first kappa shape index (κ1) is 14.4. The van der Waals surface area contributed by atoms with E-state index in [4.69, 9.17) is 9.47 Å². The number of benzene rings is 1. The highest BCUT2D eigenvalue weighted by Crippen LogP contribution is 2.31. The van der Waals surface area contributed by atoms with Gasteiger partial charge in [-0.2, -0.15) is 0 Å². The van der Waals surface area contributed by atoms with Gasteiger partial charge in [-0.05, 0) is 18.2 Å². The number of rotatable bonds is 3. The van der Waals surface area contributed by atoms with Crippen LogP contribution >= 0.6 is 0 Å². The van der Waals surface area contributed by atoms with E-state index in [2.05, 4.69) is 10.2 Å². The highest BCUT2D eigenvalue weighted by Gasteiger charge is 2.39. The van der Waals surface area contributed by atoms with Gasteiger partial charge in [0.2, 0.25) is 5.91 Å². The monoisotopic (exact) mass is 294 g/mol. The van der Waals surface area contributed by atoms with E-state index in [1.54, 1.807) is 12.1 Å². The van der Waals surface area contributed by atoms with E-state index in [0.29, 0.717) is 25.4 Å². The maximum absolute atomic E-state index is 13.1. The molecule has 2 aliphatic rings. The Hall–Kier alpha value is -1.50. The quantitative estimate of drug-likeness (QED) is 0.920. The van der Waals surface area contributed by atoms with Gasteiger partial charge in [0.25, 0.3) is 0 Å². The Balaban J connectivity index is 1.47. The molecule has 0 aromatic heterocycles. The maximum atomic E-state index is 13.1. The van der Waals surface area contributed by atoms with Gasteiger partial charge >= 0.3 is 0 Å². The van der Waals surface area contributed by atoms with Crippen LogP contribution in [0.3, 0.4) is 0 Å². The minimum absolute atomic E-state index is 0.134. The lowest BCUT2D eigenvalue weighted by atomic mass is 10.0. The van der Waals surface area contributed by atoms with Crippen molar-refractivity contribution in [1.29, 1.82) is 0 Å². The molecule has 2 heterocycles. The van der Waals surface area contributed by atoms with Crippen molar-refractivity contribution >= 4 is 11.6 Å². The van der Waals surface area contributed by atoms with Crippen LogP contribution < -0.4 is 5.32 Å². The lowest BCUT2D eigenvalue weighted by Gasteiger charge is -2.37. The molecule has 21 heavy (non-hydrogen) atoms. The number of hydrogen-bond donors (Lipinski definition) is 1. The van der Waals surface area contributed by atoms with E-state index in [-0.39, 0.29) is 11.7 Å². The minimum Gasteiger partial charge on any atom is -0.347 e. The Morgan fingerprint density at radius 2 is 2.00 bits per heavy atom. The molecule has 0 unspecified atom stereocenters. The lowest BCUT2D eigenvalue weighted by Crippen LogP contribution is -2.47. The zero-order chi connectivity index (χ0) is 14.7. The fourth-order valence-corrected chi connectivity index (χ4v) is 2.81. The highest BCUT2D eigenvalue weighted by atomic mass is 19.1. The van der Waals surface area contributed by atoms with E-state index in [1.165, 1.54) is 12.1 Å². The Morgan fingerprint density at radius 3 is 2.67 bits per heavy atom. The van der Waals surface area contributed by atoms with Gasteiger partial charge in [0.1, 0.15) is 5.82 Å². The molecule has 114 valence electrons. The van der Waals surface area contributed by atoms with Crippen molar-refractivity contribution in [2.24, 2.45) is 0 Å². The summed E-state index contributed by atoms with van der Waals surface area (Å²) in [5.74, 6) is -0.914. The molecule has 1 aromatic rings. The third-order valence-electron chi connectivity index (χ3n) is 3.91. The number of ether oxygens (including phenoxy) is 2. The Bertz CT molecular complexity index is 507. The summed E-state index contributed by atoms with van der Waals surface area (Å²) in [5.41, 5.74) is 0.482. The predicted molar refractivity (Wildman–Crippen MR) is 75.3 cm³/mol. The van der Waals surface area contributed by atoms with Crippen molar-refractivity contribution in [2.45, 2.75) is 18.6 Å². The molecule has 2 saturated heterocycles. The fourth-order valence-electron chi connectivity index (χ4n) is 2.81. The van der Waals surface area contributed by atoms with E-state index >= 15 is 0 Å². The molecule has 6 heteroatoms. The SMILES string of the molecule is O=C(CN1CCC2(CC1)OCCO2)Nc1cccc(F)c1. The first-order valence-corrected chi connectivity index (χ1v) is 7.21. The molecule has 5 nitrogen and oxygen atoms in total. The summed E-state index contributed by atoms with van der Waals surface area (Å²) < 4.78 is 24.4. The predicted octanol–water partition coefficient (Wildman–Crippen LogP) is 1.60. The maximum Gasteiger partial charge on any atom is 0.238 e. The number of nitrogens with zero attached hydrogens (tertiary/aromatic N) is 1. The van der Waals surface area contributed by atoms with Crippen molar-refractivity contribution in [3.05, 3.63) is 30.1 Å². The molecular formula is C15H19FN2O3. The molecule has 0 atom stereocenters. The largest absolute Gasteiger partial charge is 0.347 e. The third-order valence-corrected chi connectivity index (χ3v) is 3.91. The molecule has 1 spiro atoms. The summed E-state index contributed by atoms with van der Waals surface area (Å²) >= 11 is 0. The average Bonchev–Trinajstić information content (AvgIpc) is 2.90. The molecule has 1 amide bonds. The summed E-state index contributed by atoms with van der Waals surface area (Å²) in [6, 6.07) is 5.90. The normalized spacial score (nSPS) is 21.6. The van der Waals surface area contributed by atoms with Gasteiger partial charge in [-0.15, -0.1) is 0 Å². The van der Waals surface area contributed by atoms with Gasteiger partial charge < -0.3 is 14.8 Å². The first-order chi connectivity index (χ1) is 10.2. The zero-order valence-electron chi connectivity index (χ0n) is 11.8. The van der Waals surface area contributed by atoms with Gasteiger partial charge in [-0.25, -0.2) is 4.39 Å². The third kappa shape index (κ3) is 3.58. The van der Waals surface area contributed by atoms with Crippen molar-refractivity contribution in [3.8, 4) is 0 Å². The van der Waals surface area contributed by atoms with E-state index in [9.17, 15) is 9.18 Å². The van der Waals surface area contributed by atoms with E-state index in [0.717, 1.165) is 25.9 Å². The summed E-state index contributed by atoms with van der Waals surface area (Å²) in [5, 5.41) is 2.71.